The van der Waals surface area contributed by atoms with Gasteiger partial charge in [-0.3, -0.25) is 4.98 Å². The molecule has 4 nitrogen and oxygen atoms in total. The lowest BCUT2D eigenvalue weighted by Gasteiger charge is -2.16. The third-order valence-electron chi connectivity index (χ3n) is 3.02. The van der Waals surface area contributed by atoms with Gasteiger partial charge in [0.15, 0.2) is 0 Å². The van der Waals surface area contributed by atoms with Crippen molar-refractivity contribution in [1.29, 1.82) is 0 Å². The van der Waals surface area contributed by atoms with Crippen LogP contribution in [-0.4, -0.2) is 9.97 Å². The van der Waals surface area contributed by atoms with Crippen molar-refractivity contribution in [3.05, 3.63) is 53.0 Å². The molecule has 0 bridgehead atoms. The van der Waals surface area contributed by atoms with Crippen LogP contribution < -0.4 is 11.5 Å². The quantitative estimate of drug-likeness (QED) is 0.862. The molecule has 0 amide bonds. The summed E-state index contributed by atoms with van der Waals surface area (Å²) in [5.74, 6) is 0.473. The minimum Gasteiger partial charge on any atom is -0.383 e. The van der Waals surface area contributed by atoms with Crippen LogP contribution >= 0.6 is 0 Å². The van der Waals surface area contributed by atoms with Gasteiger partial charge in [0, 0.05) is 18.0 Å². The van der Waals surface area contributed by atoms with Crippen molar-refractivity contribution in [3.63, 3.8) is 0 Å². The maximum Gasteiger partial charge on any atom is 0.128 e. The average Bonchev–Trinajstić information content (AvgIpc) is 2.40. The number of hydrogen-bond donors (Lipinski definition) is 2. The Balaban J connectivity index is 2.47. The molecule has 4 heteroatoms. The highest BCUT2D eigenvalue weighted by molar-refractivity contribution is 5.46. The molecule has 0 saturated heterocycles. The molecule has 2 aromatic rings. The van der Waals surface area contributed by atoms with E-state index in [4.69, 9.17) is 11.5 Å². The van der Waals surface area contributed by atoms with E-state index in [1.807, 2.05) is 25.1 Å². The normalized spacial score (nSPS) is 12.4. The van der Waals surface area contributed by atoms with E-state index in [0.29, 0.717) is 5.82 Å². The number of nitrogens with two attached hydrogens (primary N) is 2. The molecule has 2 rings (SSSR count). The second kappa shape index (κ2) is 5.14. The van der Waals surface area contributed by atoms with Crippen molar-refractivity contribution in [2.24, 2.45) is 5.73 Å². The molecular weight excluding hydrogens is 224 g/mol. The zero-order valence-electron chi connectivity index (χ0n) is 10.7. The van der Waals surface area contributed by atoms with E-state index in [2.05, 4.69) is 16.9 Å². The second-order valence-corrected chi connectivity index (χ2v) is 4.37. The maximum atomic E-state index is 6.28. The molecule has 1 unspecified atom stereocenters. The summed E-state index contributed by atoms with van der Waals surface area (Å²) in [6.45, 7) is 4.06. The molecule has 4 N–H and O–H groups in total. The summed E-state index contributed by atoms with van der Waals surface area (Å²) >= 11 is 0. The van der Waals surface area contributed by atoms with E-state index in [-0.39, 0.29) is 6.04 Å². The molecule has 0 radical (unpaired) electrons. The van der Waals surface area contributed by atoms with Gasteiger partial charge in [-0.25, -0.2) is 4.98 Å². The van der Waals surface area contributed by atoms with E-state index < -0.39 is 0 Å². The van der Waals surface area contributed by atoms with E-state index >= 15 is 0 Å². The lowest BCUT2D eigenvalue weighted by atomic mass is 9.98. The van der Waals surface area contributed by atoms with E-state index in [9.17, 15) is 0 Å². The molecule has 0 fully saturated rings. The number of pyridine rings is 2. The van der Waals surface area contributed by atoms with Crippen molar-refractivity contribution in [3.8, 4) is 0 Å². The summed E-state index contributed by atoms with van der Waals surface area (Å²) in [5, 5.41) is 0. The van der Waals surface area contributed by atoms with Gasteiger partial charge < -0.3 is 11.5 Å². The SMILES string of the molecule is CCc1cccnc1C(N)c1cc(C)cnc1N. The minimum absolute atomic E-state index is 0.325. The summed E-state index contributed by atoms with van der Waals surface area (Å²) < 4.78 is 0. The standard InChI is InChI=1S/C14H18N4/c1-3-10-5-4-6-17-13(10)12(15)11-7-9(2)8-18-14(11)16/h4-8,12H,3,15H2,1-2H3,(H2,16,18). The van der Waals surface area contributed by atoms with Gasteiger partial charge in [0.25, 0.3) is 0 Å². The van der Waals surface area contributed by atoms with Crippen LogP contribution in [0, 0.1) is 6.92 Å². The highest BCUT2D eigenvalue weighted by Gasteiger charge is 2.17. The van der Waals surface area contributed by atoms with Crippen molar-refractivity contribution in [1.82, 2.24) is 9.97 Å². The minimum atomic E-state index is -0.325. The van der Waals surface area contributed by atoms with Crippen LogP contribution in [0.5, 0.6) is 0 Å². The molecule has 2 heterocycles. The van der Waals surface area contributed by atoms with E-state index in [1.54, 1.807) is 12.4 Å². The molecule has 0 aromatic carbocycles. The van der Waals surface area contributed by atoms with Gasteiger partial charge >= 0.3 is 0 Å². The predicted octanol–water partition coefficient (Wildman–Crippen LogP) is 1.98. The molecule has 0 saturated carbocycles. The third-order valence-corrected chi connectivity index (χ3v) is 3.02. The summed E-state index contributed by atoms with van der Waals surface area (Å²) in [6.07, 6.45) is 4.40. The number of aromatic nitrogens is 2. The molecule has 18 heavy (non-hydrogen) atoms. The monoisotopic (exact) mass is 242 g/mol. The summed E-state index contributed by atoms with van der Waals surface area (Å²) in [7, 11) is 0. The highest BCUT2D eigenvalue weighted by Crippen LogP contribution is 2.25. The zero-order valence-corrected chi connectivity index (χ0v) is 10.7. The first-order valence-electron chi connectivity index (χ1n) is 6.04. The highest BCUT2D eigenvalue weighted by atomic mass is 14.9. The zero-order chi connectivity index (χ0) is 13.1. The number of anilines is 1. The Morgan fingerprint density at radius 1 is 1.33 bits per heavy atom. The summed E-state index contributed by atoms with van der Waals surface area (Å²) in [5.41, 5.74) is 16.1. The Hall–Kier alpha value is -1.94. The number of rotatable bonds is 3. The van der Waals surface area contributed by atoms with Crippen LogP contribution in [0.25, 0.3) is 0 Å². The number of nitrogens with zero attached hydrogens (tertiary/aromatic N) is 2. The Labute approximate surface area is 107 Å². The smallest absolute Gasteiger partial charge is 0.128 e. The van der Waals surface area contributed by atoms with Crippen LogP contribution in [-0.2, 0) is 6.42 Å². The van der Waals surface area contributed by atoms with Crippen molar-refractivity contribution < 1.29 is 0 Å². The molecule has 0 spiro atoms. The average molecular weight is 242 g/mol. The Morgan fingerprint density at radius 3 is 2.83 bits per heavy atom. The molecule has 0 aliphatic carbocycles. The fourth-order valence-electron chi connectivity index (χ4n) is 2.03. The van der Waals surface area contributed by atoms with Crippen LogP contribution in [0.4, 0.5) is 5.82 Å². The van der Waals surface area contributed by atoms with Gasteiger partial charge in [-0.2, -0.15) is 0 Å². The van der Waals surface area contributed by atoms with Crippen LogP contribution in [0.15, 0.2) is 30.6 Å². The first kappa shape index (κ1) is 12.5. The van der Waals surface area contributed by atoms with Crippen molar-refractivity contribution >= 4 is 5.82 Å². The predicted molar refractivity (Wildman–Crippen MR) is 73.0 cm³/mol. The number of nitrogen functional groups attached to an aromatic ring is 1. The number of aryl methyl sites for hydroxylation is 2. The maximum absolute atomic E-state index is 6.28. The molecule has 94 valence electrons. The van der Waals surface area contributed by atoms with Gasteiger partial charge in [0.2, 0.25) is 0 Å². The summed E-state index contributed by atoms with van der Waals surface area (Å²) in [4.78, 5) is 8.54. The largest absolute Gasteiger partial charge is 0.383 e. The first-order valence-corrected chi connectivity index (χ1v) is 6.04. The van der Waals surface area contributed by atoms with Gasteiger partial charge in [-0.05, 0) is 36.6 Å². The second-order valence-electron chi connectivity index (χ2n) is 4.37. The summed E-state index contributed by atoms with van der Waals surface area (Å²) in [6, 6.07) is 5.61. The number of hydrogen-bond acceptors (Lipinski definition) is 4. The first-order chi connectivity index (χ1) is 8.63. The van der Waals surface area contributed by atoms with Crippen molar-refractivity contribution in [2.45, 2.75) is 26.3 Å². The fraction of sp³-hybridized carbons (Fsp3) is 0.286. The lowest BCUT2D eigenvalue weighted by Crippen LogP contribution is -2.18. The molecule has 2 aromatic heterocycles. The van der Waals surface area contributed by atoms with Gasteiger partial charge in [-0.1, -0.05) is 13.0 Å². The van der Waals surface area contributed by atoms with Gasteiger partial charge in [0.05, 0.1) is 11.7 Å². The molecule has 0 aliphatic rings. The van der Waals surface area contributed by atoms with Gasteiger partial charge in [-0.15, -0.1) is 0 Å². The lowest BCUT2D eigenvalue weighted by molar-refractivity contribution is 0.803. The molecule has 0 aliphatic heterocycles. The Kier molecular flexibility index (Phi) is 3.58. The Morgan fingerprint density at radius 2 is 2.11 bits per heavy atom. The topological polar surface area (TPSA) is 77.8 Å². The van der Waals surface area contributed by atoms with Crippen LogP contribution in [0.1, 0.15) is 35.3 Å². The fourth-order valence-corrected chi connectivity index (χ4v) is 2.03. The Bertz CT molecular complexity index is 551. The van der Waals surface area contributed by atoms with E-state index in [1.165, 1.54) is 0 Å². The molecular formula is C14H18N4. The van der Waals surface area contributed by atoms with E-state index in [0.717, 1.165) is 28.8 Å². The molecule has 1 atom stereocenters. The van der Waals surface area contributed by atoms with Crippen LogP contribution in [0.2, 0.25) is 0 Å². The van der Waals surface area contributed by atoms with Crippen LogP contribution in [0.3, 0.4) is 0 Å². The van der Waals surface area contributed by atoms with Gasteiger partial charge in [0.1, 0.15) is 5.82 Å². The third kappa shape index (κ3) is 2.33. The van der Waals surface area contributed by atoms with Crippen molar-refractivity contribution in [2.75, 3.05) is 5.73 Å².